The van der Waals surface area contributed by atoms with E-state index < -0.39 is 0 Å². The van der Waals surface area contributed by atoms with Gasteiger partial charge in [0.05, 0.1) is 6.10 Å². The molecule has 0 saturated carbocycles. The third kappa shape index (κ3) is 4.47. The summed E-state index contributed by atoms with van der Waals surface area (Å²) in [6.45, 7) is 9.27. The Morgan fingerprint density at radius 1 is 1.45 bits per heavy atom. The first-order valence-electron chi connectivity index (χ1n) is 7.56. The van der Waals surface area contributed by atoms with E-state index in [4.69, 9.17) is 4.74 Å². The molecular weight excluding hydrogens is 316 g/mol. The topological polar surface area (TPSA) is 24.5 Å². The second kappa shape index (κ2) is 8.01. The summed E-state index contributed by atoms with van der Waals surface area (Å²) >= 11 is 3.59. The van der Waals surface area contributed by atoms with Crippen molar-refractivity contribution in [3.63, 3.8) is 0 Å². The minimum atomic E-state index is 0.303. The highest BCUT2D eigenvalue weighted by molar-refractivity contribution is 9.10. The highest BCUT2D eigenvalue weighted by Crippen LogP contribution is 2.26. The van der Waals surface area contributed by atoms with Gasteiger partial charge in [-0.1, -0.05) is 22.9 Å². The Kier molecular flexibility index (Phi) is 6.33. The zero-order chi connectivity index (χ0) is 14.4. The summed E-state index contributed by atoms with van der Waals surface area (Å²) in [6.07, 6.45) is 2.57. The fraction of sp³-hybridized carbons (Fsp3) is 0.625. The molecule has 0 aromatic heterocycles. The molecule has 20 heavy (non-hydrogen) atoms. The zero-order valence-corrected chi connectivity index (χ0v) is 14.1. The first kappa shape index (κ1) is 15.8. The van der Waals surface area contributed by atoms with E-state index in [0.717, 1.165) is 50.1 Å². The number of anilines is 1. The molecule has 1 fully saturated rings. The Labute approximate surface area is 130 Å². The van der Waals surface area contributed by atoms with Gasteiger partial charge in [-0.2, -0.15) is 0 Å². The quantitative estimate of drug-likeness (QED) is 0.829. The summed E-state index contributed by atoms with van der Waals surface area (Å²) in [4.78, 5) is 2.47. The minimum Gasteiger partial charge on any atom is -0.377 e. The summed E-state index contributed by atoms with van der Waals surface area (Å²) < 4.78 is 6.90. The molecule has 1 atom stereocenters. The van der Waals surface area contributed by atoms with Crippen LogP contribution in [0.15, 0.2) is 22.7 Å². The smallest absolute Gasteiger partial charge is 0.0721 e. The number of rotatable bonds is 5. The van der Waals surface area contributed by atoms with Gasteiger partial charge in [0.15, 0.2) is 0 Å². The number of hydrogen-bond acceptors (Lipinski definition) is 3. The maximum Gasteiger partial charge on any atom is 0.0721 e. The van der Waals surface area contributed by atoms with Crippen LogP contribution in [0.4, 0.5) is 5.69 Å². The van der Waals surface area contributed by atoms with Crippen molar-refractivity contribution in [1.82, 2.24) is 5.32 Å². The van der Waals surface area contributed by atoms with E-state index in [1.165, 1.54) is 11.3 Å². The Morgan fingerprint density at radius 3 is 3.10 bits per heavy atom. The van der Waals surface area contributed by atoms with Crippen LogP contribution in [0, 0.1) is 0 Å². The Hall–Kier alpha value is -0.580. The first-order chi connectivity index (χ1) is 9.70. The van der Waals surface area contributed by atoms with Crippen molar-refractivity contribution in [2.75, 3.05) is 31.1 Å². The summed E-state index contributed by atoms with van der Waals surface area (Å²) in [5, 5.41) is 3.51. The first-order valence-corrected chi connectivity index (χ1v) is 8.35. The largest absolute Gasteiger partial charge is 0.377 e. The minimum absolute atomic E-state index is 0.303. The van der Waals surface area contributed by atoms with Crippen LogP contribution in [-0.2, 0) is 11.3 Å². The van der Waals surface area contributed by atoms with E-state index in [9.17, 15) is 0 Å². The zero-order valence-electron chi connectivity index (χ0n) is 12.5. The van der Waals surface area contributed by atoms with Gasteiger partial charge < -0.3 is 15.0 Å². The third-order valence-corrected chi connectivity index (χ3v) is 4.07. The molecule has 1 aromatic carbocycles. The molecule has 1 heterocycles. The summed E-state index contributed by atoms with van der Waals surface area (Å²) in [7, 11) is 0. The van der Waals surface area contributed by atoms with Crippen molar-refractivity contribution in [1.29, 1.82) is 0 Å². The van der Waals surface area contributed by atoms with Crippen LogP contribution < -0.4 is 10.2 Å². The average Bonchev–Trinajstić information content (AvgIpc) is 2.64. The van der Waals surface area contributed by atoms with Crippen molar-refractivity contribution in [3.05, 3.63) is 28.2 Å². The van der Waals surface area contributed by atoms with E-state index in [1.54, 1.807) is 0 Å². The van der Waals surface area contributed by atoms with Crippen LogP contribution in [0.2, 0.25) is 0 Å². The lowest BCUT2D eigenvalue weighted by Gasteiger charge is -2.27. The molecule has 3 nitrogen and oxygen atoms in total. The lowest BCUT2D eigenvalue weighted by Crippen LogP contribution is -2.31. The normalized spacial score (nSPS) is 19.9. The van der Waals surface area contributed by atoms with Crippen molar-refractivity contribution in [2.45, 2.75) is 39.3 Å². The summed E-state index contributed by atoms with van der Waals surface area (Å²) in [5.74, 6) is 0. The number of ether oxygens (including phenoxy) is 1. The molecule has 0 bridgehead atoms. The second-order valence-electron chi connectivity index (χ2n) is 5.43. The van der Waals surface area contributed by atoms with Crippen LogP contribution in [0.1, 0.15) is 32.3 Å². The molecule has 0 aliphatic carbocycles. The van der Waals surface area contributed by atoms with Gasteiger partial charge in [-0.05, 0) is 50.1 Å². The van der Waals surface area contributed by atoms with Crippen molar-refractivity contribution < 1.29 is 4.74 Å². The molecule has 1 saturated heterocycles. The predicted octanol–water partition coefficient (Wildman–Crippen LogP) is 3.56. The van der Waals surface area contributed by atoms with E-state index in [2.05, 4.69) is 58.2 Å². The van der Waals surface area contributed by atoms with Crippen LogP contribution in [-0.4, -0.2) is 32.3 Å². The van der Waals surface area contributed by atoms with Gasteiger partial charge in [-0.3, -0.25) is 0 Å². The number of nitrogens with zero attached hydrogens (tertiary/aromatic N) is 1. The maximum absolute atomic E-state index is 5.75. The molecule has 2 rings (SSSR count). The van der Waals surface area contributed by atoms with E-state index >= 15 is 0 Å². The molecule has 112 valence electrons. The lowest BCUT2D eigenvalue weighted by molar-refractivity contribution is 0.0821. The molecule has 1 N–H and O–H groups in total. The average molecular weight is 341 g/mol. The summed E-state index contributed by atoms with van der Waals surface area (Å²) in [6, 6.07) is 6.59. The lowest BCUT2D eigenvalue weighted by atomic mass is 10.1. The van der Waals surface area contributed by atoms with Crippen molar-refractivity contribution in [3.8, 4) is 0 Å². The molecule has 4 heteroatoms. The molecule has 1 aromatic rings. The van der Waals surface area contributed by atoms with Gasteiger partial charge in [0.25, 0.3) is 0 Å². The summed E-state index contributed by atoms with van der Waals surface area (Å²) in [5.41, 5.74) is 2.70. The molecular formula is C16H25BrN2O. The SMILES string of the molecule is CCCNCc1cc(Br)ccc1N1CCCOC(C)C1. The molecule has 0 spiro atoms. The van der Waals surface area contributed by atoms with Gasteiger partial charge in [-0.25, -0.2) is 0 Å². The molecule has 1 aliphatic heterocycles. The van der Waals surface area contributed by atoms with Gasteiger partial charge in [-0.15, -0.1) is 0 Å². The number of nitrogens with one attached hydrogen (secondary N) is 1. The van der Waals surface area contributed by atoms with E-state index in [0.29, 0.717) is 6.10 Å². The predicted molar refractivity (Wildman–Crippen MR) is 88.4 cm³/mol. The van der Waals surface area contributed by atoms with Crippen molar-refractivity contribution >= 4 is 21.6 Å². The Bertz CT molecular complexity index is 425. The highest BCUT2D eigenvalue weighted by atomic mass is 79.9. The number of hydrogen-bond donors (Lipinski definition) is 1. The monoisotopic (exact) mass is 340 g/mol. The van der Waals surface area contributed by atoms with E-state index in [1.807, 2.05) is 0 Å². The van der Waals surface area contributed by atoms with Gasteiger partial charge in [0.2, 0.25) is 0 Å². The standard InChI is InChI=1S/C16H25BrN2O/c1-3-7-18-11-14-10-15(17)5-6-16(14)19-8-4-9-20-13(2)12-19/h5-6,10,13,18H,3-4,7-9,11-12H2,1-2H3. The molecule has 0 amide bonds. The Morgan fingerprint density at radius 2 is 2.30 bits per heavy atom. The maximum atomic E-state index is 5.75. The number of halogens is 1. The fourth-order valence-corrected chi connectivity index (χ4v) is 3.03. The molecule has 0 radical (unpaired) electrons. The van der Waals surface area contributed by atoms with Gasteiger partial charge in [0, 0.05) is 36.4 Å². The molecule has 1 unspecified atom stereocenters. The second-order valence-corrected chi connectivity index (χ2v) is 6.35. The van der Waals surface area contributed by atoms with Crippen LogP contribution >= 0.6 is 15.9 Å². The van der Waals surface area contributed by atoms with E-state index in [-0.39, 0.29) is 0 Å². The van der Waals surface area contributed by atoms with Crippen LogP contribution in [0.25, 0.3) is 0 Å². The van der Waals surface area contributed by atoms with Crippen LogP contribution in [0.3, 0.4) is 0 Å². The number of benzene rings is 1. The van der Waals surface area contributed by atoms with Crippen LogP contribution in [0.5, 0.6) is 0 Å². The third-order valence-electron chi connectivity index (χ3n) is 3.58. The molecule has 1 aliphatic rings. The fourth-order valence-electron chi connectivity index (χ4n) is 2.62. The van der Waals surface area contributed by atoms with Gasteiger partial charge >= 0.3 is 0 Å². The Balaban J connectivity index is 2.15. The van der Waals surface area contributed by atoms with Crippen molar-refractivity contribution in [2.24, 2.45) is 0 Å². The van der Waals surface area contributed by atoms with Gasteiger partial charge in [0.1, 0.15) is 0 Å². The highest BCUT2D eigenvalue weighted by Gasteiger charge is 2.17.